The van der Waals surface area contributed by atoms with Crippen molar-refractivity contribution in [2.45, 2.75) is 34.1 Å². The zero-order valence-corrected chi connectivity index (χ0v) is 18.7. The lowest BCUT2D eigenvalue weighted by Gasteiger charge is -2.12. The summed E-state index contributed by atoms with van der Waals surface area (Å²) in [6.45, 7) is 13.4. The van der Waals surface area contributed by atoms with Crippen LogP contribution in [-0.4, -0.2) is 35.0 Å². The fourth-order valence-electron chi connectivity index (χ4n) is 2.71. The van der Waals surface area contributed by atoms with Gasteiger partial charge in [-0.1, -0.05) is 30.0 Å². The largest absolute Gasteiger partial charge is 0.504 e. The molecule has 0 aliphatic carbocycles. The third-order valence-corrected chi connectivity index (χ3v) is 5.76. The van der Waals surface area contributed by atoms with E-state index in [-0.39, 0.29) is 11.5 Å². The number of aryl methyl sites for hydroxylation is 2. The van der Waals surface area contributed by atoms with Gasteiger partial charge in [0.1, 0.15) is 0 Å². The molecule has 0 aromatic heterocycles. The monoisotopic (exact) mass is 410 g/mol. The third kappa shape index (κ3) is 6.43. The van der Waals surface area contributed by atoms with E-state index in [0.29, 0.717) is 0 Å². The number of rotatable bonds is 8. The van der Waals surface area contributed by atoms with E-state index in [2.05, 4.69) is 56.8 Å². The number of hydrogen-bond acceptors (Lipinski definition) is 4. The summed E-state index contributed by atoms with van der Waals surface area (Å²) in [5.74, 6) is -0.262. The lowest BCUT2D eigenvalue weighted by molar-refractivity contribution is 0.403. The predicted molar refractivity (Wildman–Crippen MR) is 126 cm³/mol. The Hall–Kier alpha value is -2.66. The van der Waals surface area contributed by atoms with Gasteiger partial charge in [-0.2, -0.15) is 0 Å². The van der Waals surface area contributed by atoms with E-state index < -0.39 is 0 Å². The summed E-state index contributed by atoms with van der Waals surface area (Å²) < 4.78 is 0. The van der Waals surface area contributed by atoms with Gasteiger partial charge in [0.15, 0.2) is 11.5 Å². The van der Waals surface area contributed by atoms with Crippen LogP contribution in [0, 0.1) is 13.8 Å². The van der Waals surface area contributed by atoms with Crippen molar-refractivity contribution in [2.24, 2.45) is 4.99 Å². The Labute approximate surface area is 178 Å². The van der Waals surface area contributed by atoms with Crippen molar-refractivity contribution in [2.75, 3.05) is 13.6 Å². The van der Waals surface area contributed by atoms with Crippen LogP contribution in [0.25, 0.3) is 4.91 Å². The minimum Gasteiger partial charge on any atom is -0.504 e. The quantitative estimate of drug-likeness (QED) is 0.310. The highest BCUT2D eigenvalue weighted by molar-refractivity contribution is 8.10. The molecule has 0 unspecified atom stereocenters. The van der Waals surface area contributed by atoms with Crippen LogP contribution in [0.1, 0.15) is 36.1 Å². The number of benzene rings is 2. The summed E-state index contributed by atoms with van der Waals surface area (Å²) in [6.07, 6.45) is 2.72. The van der Waals surface area contributed by atoms with E-state index in [1.807, 2.05) is 18.3 Å². The maximum atomic E-state index is 9.65. The Bertz CT molecular complexity index is 948. The summed E-state index contributed by atoms with van der Waals surface area (Å²) in [6, 6.07) is 9.10. The van der Waals surface area contributed by atoms with Gasteiger partial charge in [0, 0.05) is 18.5 Å². The highest BCUT2D eigenvalue weighted by Gasteiger charge is 2.07. The first-order chi connectivity index (χ1) is 13.7. The topological polar surface area (TPSA) is 56.1 Å². The summed E-state index contributed by atoms with van der Waals surface area (Å²) in [4.78, 5) is 7.46. The van der Waals surface area contributed by atoms with E-state index in [9.17, 15) is 10.2 Å². The number of nitrogens with zero attached hydrogens (tertiary/aromatic N) is 2. The Balaban J connectivity index is 2.08. The van der Waals surface area contributed by atoms with Gasteiger partial charge in [-0.3, -0.25) is 0 Å². The molecule has 0 amide bonds. The first kappa shape index (κ1) is 22.6. The van der Waals surface area contributed by atoms with Crippen LogP contribution in [0.5, 0.6) is 11.5 Å². The number of hydrogen-bond donors (Lipinski definition) is 2. The van der Waals surface area contributed by atoms with Crippen LogP contribution in [0.4, 0.5) is 5.69 Å². The Morgan fingerprint density at radius 2 is 1.86 bits per heavy atom. The summed E-state index contributed by atoms with van der Waals surface area (Å²) in [7, 11) is 2.01. The molecule has 2 aromatic rings. The number of allylic oxidation sites excluding steroid dienone is 1. The highest BCUT2D eigenvalue weighted by atomic mass is 32.2. The first-order valence-electron chi connectivity index (χ1n) is 9.59. The molecule has 2 aromatic carbocycles. The van der Waals surface area contributed by atoms with Crippen molar-refractivity contribution in [1.29, 1.82) is 0 Å². The molecule has 0 aliphatic rings. The van der Waals surface area contributed by atoms with Crippen molar-refractivity contribution in [3.63, 3.8) is 0 Å². The summed E-state index contributed by atoms with van der Waals surface area (Å²) in [5, 5.41) is 21.2. The first-order valence-corrected chi connectivity index (χ1v) is 10.5. The van der Waals surface area contributed by atoms with Crippen LogP contribution in [0.2, 0.25) is 0 Å². The molecule has 0 fully saturated rings. The lowest BCUT2D eigenvalue weighted by atomic mass is 9.99. The van der Waals surface area contributed by atoms with Crippen molar-refractivity contribution in [3.8, 4) is 11.5 Å². The average Bonchev–Trinajstić information content (AvgIpc) is 2.69. The predicted octanol–water partition coefficient (Wildman–Crippen LogP) is 6.18. The van der Waals surface area contributed by atoms with Crippen molar-refractivity contribution < 1.29 is 10.2 Å². The molecule has 29 heavy (non-hydrogen) atoms. The molecule has 0 atom stereocenters. The second-order valence-corrected chi connectivity index (χ2v) is 8.23. The molecule has 0 spiro atoms. The fourth-order valence-corrected chi connectivity index (χ4v) is 3.40. The molecule has 154 valence electrons. The van der Waals surface area contributed by atoms with Gasteiger partial charge >= 0.3 is 0 Å². The molecule has 2 rings (SSSR count). The summed E-state index contributed by atoms with van der Waals surface area (Å²) in [5.41, 5.74) is 6.69. The van der Waals surface area contributed by atoms with Crippen molar-refractivity contribution >= 4 is 28.7 Å². The SMILES string of the molecule is C=C(S/C=C(\C)Cc1cc(C)c(N=CN(C)CC)cc1C)c1ccc(O)c(O)c1. The molecular weight excluding hydrogens is 380 g/mol. The Morgan fingerprint density at radius 3 is 2.52 bits per heavy atom. The van der Waals surface area contributed by atoms with Crippen LogP contribution in [0.3, 0.4) is 0 Å². The lowest BCUT2D eigenvalue weighted by Crippen LogP contribution is -2.14. The zero-order valence-electron chi connectivity index (χ0n) is 17.9. The van der Waals surface area contributed by atoms with Crippen LogP contribution < -0.4 is 0 Å². The Kier molecular flexibility index (Phi) is 7.97. The number of phenols is 2. The highest BCUT2D eigenvalue weighted by Crippen LogP contribution is 2.34. The van der Waals surface area contributed by atoms with Gasteiger partial charge in [0.25, 0.3) is 0 Å². The maximum absolute atomic E-state index is 9.65. The molecule has 0 radical (unpaired) electrons. The van der Waals surface area contributed by atoms with Gasteiger partial charge in [-0.25, -0.2) is 4.99 Å². The fraction of sp³-hybridized carbons (Fsp3) is 0.292. The summed E-state index contributed by atoms with van der Waals surface area (Å²) >= 11 is 1.52. The molecule has 5 heteroatoms. The molecule has 0 saturated heterocycles. The smallest absolute Gasteiger partial charge is 0.158 e. The Morgan fingerprint density at radius 1 is 1.14 bits per heavy atom. The van der Waals surface area contributed by atoms with Gasteiger partial charge in [0.05, 0.1) is 12.0 Å². The number of phenolic OH excluding ortho intramolecular Hbond substituents is 2. The molecular formula is C24H30N2O2S. The van der Waals surface area contributed by atoms with Gasteiger partial charge in [-0.15, -0.1) is 0 Å². The van der Waals surface area contributed by atoms with Crippen LogP contribution in [0.15, 0.2) is 52.9 Å². The normalized spacial score (nSPS) is 11.8. The van der Waals surface area contributed by atoms with E-state index in [1.165, 1.54) is 40.6 Å². The van der Waals surface area contributed by atoms with Crippen molar-refractivity contribution in [3.05, 3.63) is 70.1 Å². The van der Waals surface area contributed by atoms with Crippen molar-refractivity contribution in [1.82, 2.24) is 4.90 Å². The van der Waals surface area contributed by atoms with E-state index in [0.717, 1.165) is 34.7 Å². The number of aliphatic imine (C=N–C) groups is 1. The van der Waals surface area contributed by atoms with Gasteiger partial charge < -0.3 is 15.1 Å². The van der Waals surface area contributed by atoms with Gasteiger partial charge in [0.2, 0.25) is 0 Å². The molecule has 2 N–H and O–H groups in total. The molecule has 0 heterocycles. The zero-order chi connectivity index (χ0) is 21.6. The second kappa shape index (κ2) is 10.2. The molecule has 0 bridgehead atoms. The maximum Gasteiger partial charge on any atom is 0.158 e. The third-order valence-electron chi connectivity index (χ3n) is 4.72. The molecule has 4 nitrogen and oxygen atoms in total. The van der Waals surface area contributed by atoms with E-state index >= 15 is 0 Å². The number of thioether (sulfide) groups is 1. The minimum atomic E-state index is -0.135. The second-order valence-electron chi connectivity index (χ2n) is 7.27. The molecule has 0 saturated carbocycles. The van der Waals surface area contributed by atoms with E-state index in [1.54, 1.807) is 6.07 Å². The van der Waals surface area contributed by atoms with E-state index in [4.69, 9.17) is 0 Å². The van der Waals surface area contributed by atoms with Crippen LogP contribution >= 0.6 is 11.8 Å². The minimum absolute atomic E-state index is 0.127. The standard InChI is InChI=1S/C24H30N2O2S/c1-7-26(6)15-25-22-12-17(3)21(11-18(22)4)10-16(2)14-29-19(5)20-8-9-23(27)24(28)13-20/h8-9,11-15,27-28H,5,7,10H2,1-4,6H3/b16-14+,25-15?. The van der Waals surface area contributed by atoms with Crippen LogP contribution in [-0.2, 0) is 6.42 Å². The average molecular weight is 411 g/mol. The van der Waals surface area contributed by atoms with Gasteiger partial charge in [-0.05, 0) is 86.0 Å². The molecule has 0 aliphatic heterocycles. The number of aromatic hydroxyl groups is 2.